The summed E-state index contributed by atoms with van der Waals surface area (Å²) in [6.07, 6.45) is 2.58. The first kappa shape index (κ1) is 18.2. The number of halogens is 1. The Morgan fingerprint density at radius 2 is 1.92 bits per heavy atom. The number of methoxy groups -OCH3 is 1. The number of benzene rings is 2. The number of carbonyl (C=O) groups is 1. The SMILES string of the molecule is COC(=O)C(c1ccc(Cl)cc1)n1ncc2c(NS(C)(=O)=O)cccc21. The van der Waals surface area contributed by atoms with E-state index in [1.54, 1.807) is 42.5 Å². The van der Waals surface area contributed by atoms with E-state index in [1.165, 1.54) is 18.0 Å². The minimum absolute atomic E-state index is 0.385. The fourth-order valence-corrected chi connectivity index (χ4v) is 3.40. The molecule has 0 saturated heterocycles. The van der Waals surface area contributed by atoms with E-state index in [0.29, 0.717) is 27.2 Å². The summed E-state index contributed by atoms with van der Waals surface area (Å²) in [7, 11) is -2.15. The first-order valence-corrected chi connectivity index (χ1v) is 9.84. The highest BCUT2D eigenvalue weighted by molar-refractivity contribution is 7.92. The molecule has 0 radical (unpaired) electrons. The van der Waals surface area contributed by atoms with Gasteiger partial charge in [-0.25, -0.2) is 17.9 Å². The summed E-state index contributed by atoms with van der Waals surface area (Å²) in [4.78, 5) is 12.4. The van der Waals surface area contributed by atoms with Gasteiger partial charge in [0.25, 0.3) is 0 Å². The van der Waals surface area contributed by atoms with E-state index in [-0.39, 0.29) is 0 Å². The maximum Gasteiger partial charge on any atom is 0.335 e. The largest absolute Gasteiger partial charge is 0.467 e. The first-order chi connectivity index (χ1) is 12.3. The first-order valence-electron chi connectivity index (χ1n) is 7.57. The Balaban J connectivity index is 2.16. The molecule has 1 heterocycles. The van der Waals surface area contributed by atoms with Crippen LogP contribution in [-0.2, 0) is 19.6 Å². The normalized spacial score (nSPS) is 12.7. The molecule has 136 valence electrons. The topological polar surface area (TPSA) is 90.3 Å². The van der Waals surface area contributed by atoms with Gasteiger partial charge in [0.2, 0.25) is 10.0 Å². The highest BCUT2D eigenvalue weighted by atomic mass is 35.5. The predicted octanol–water partition coefficient (Wildman–Crippen LogP) is 2.82. The molecular weight excluding hydrogens is 378 g/mol. The van der Waals surface area contributed by atoms with Gasteiger partial charge >= 0.3 is 5.97 Å². The monoisotopic (exact) mass is 393 g/mol. The molecule has 3 aromatic rings. The summed E-state index contributed by atoms with van der Waals surface area (Å²) in [5.74, 6) is -0.501. The van der Waals surface area contributed by atoms with Crippen molar-refractivity contribution in [2.45, 2.75) is 6.04 Å². The van der Waals surface area contributed by atoms with E-state index >= 15 is 0 Å². The Hall–Kier alpha value is -2.58. The van der Waals surface area contributed by atoms with Gasteiger partial charge in [0.1, 0.15) is 0 Å². The quantitative estimate of drug-likeness (QED) is 0.673. The molecule has 1 N–H and O–H groups in total. The van der Waals surface area contributed by atoms with Gasteiger partial charge in [-0.3, -0.25) is 4.72 Å². The molecular formula is C17H16ClN3O4S. The van der Waals surface area contributed by atoms with Crippen LogP contribution in [-0.4, -0.2) is 37.5 Å². The molecule has 1 atom stereocenters. The number of carbonyl (C=O) groups excluding carboxylic acids is 1. The minimum Gasteiger partial charge on any atom is -0.467 e. The summed E-state index contributed by atoms with van der Waals surface area (Å²) in [6.45, 7) is 0. The Kier molecular flexibility index (Phi) is 4.88. The van der Waals surface area contributed by atoms with Crippen LogP contribution < -0.4 is 4.72 Å². The zero-order valence-electron chi connectivity index (χ0n) is 14.0. The van der Waals surface area contributed by atoms with Gasteiger partial charge in [-0.2, -0.15) is 5.10 Å². The molecule has 0 bridgehead atoms. The number of hydrogen-bond acceptors (Lipinski definition) is 5. The summed E-state index contributed by atoms with van der Waals surface area (Å²) in [5.41, 5.74) is 1.62. The molecule has 3 rings (SSSR count). The van der Waals surface area contributed by atoms with Crippen molar-refractivity contribution in [2.24, 2.45) is 0 Å². The van der Waals surface area contributed by atoms with Crippen LogP contribution in [0.5, 0.6) is 0 Å². The standard InChI is InChI=1S/C17H16ClN3O4S/c1-25-17(22)16(11-6-8-12(18)9-7-11)21-15-5-3-4-14(13(15)10-19-21)20-26(2,23)24/h3-10,16,20H,1-2H3. The number of anilines is 1. The molecule has 2 aromatic carbocycles. The van der Waals surface area contributed by atoms with E-state index in [0.717, 1.165) is 6.26 Å². The Morgan fingerprint density at radius 3 is 2.54 bits per heavy atom. The Bertz CT molecular complexity index is 1060. The van der Waals surface area contributed by atoms with Crippen molar-refractivity contribution in [3.05, 3.63) is 59.2 Å². The third-order valence-corrected chi connectivity index (χ3v) is 4.63. The second-order valence-electron chi connectivity index (χ2n) is 5.68. The Labute approximate surface area is 155 Å². The summed E-state index contributed by atoms with van der Waals surface area (Å²) in [5, 5.41) is 5.42. The van der Waals surface area contributed by atoms with Crippen LogP contribution in [0.1, 0.15) is 11.6 Å². The maximum absolute atomic E-state index is 12.4. The van der Waals surface area contributed by atoms with E-state index in [1.807, 2.05) is 0 Å². The minimum atomic E-state index is -3.45. The molecule has 9 heteroatoms. The van der Waals surface area contributed by atoms with Crippen molar-refractivity contribution in [3.63, 3.8) is 0 Å². The fraction of sp³-hybridized carbons (Fsp3) is 0.176. The van der Waals surface area contributed by atoms with Gasteiger partial charge in [-0.05, 0) is 29.8 Å². The van der Waals surface area contributed by atoms with Crippen LogP contribution >= 0.6 is 11.6 Å². The lowest BCUT2D eigenvalue weighted by atomic mass is 10.1. The fourth-order valence-electron chi connectivity index (χ4n) is 2.70. The van der Waals surface area contributed by atoms with Crippen molar-refractivity contribution in [1.82, 2.24) is 9.78 Å². The number of sulfonamides is 1. The zero-order valence-corrected chi connectivity index (χ0v) is 15.6. The van der Waals surface area contributed by atoms with Crippen molar-refractivity contribution in [1.29, 1.82) is 0 Å². The summed E-state index contributed by atoms with van der Waals surface area (Å²) < 4.78 is 32.0. The van der Waals surface area contributed by atoms with Crippen molar-refractivity contribution in [2.75, 3.05) is 18.1 Å². The number of fused-ring (bicyclic) bond motifs is 1. The Morgan fingerprint density at radius 1 is 1.23 bits per heavy atom. The maximum atomic E-state index is 12.4. The number of nitrogens with zero attached hydrogens (tertiary/aromatic N) is 2. The van der Waals surface area contributed by atoms with Gasteiger partial charge < -0.3 is 4.74 Å². The second kappa shape index (κ2) is 6.97. The molecule has 0 aliphatic rings. The lowest BCUT2D eigenvalue weighted by molar-refractivity contribution is -0.143. The van der Waals surface area contributed by atoms with E-state index in [9.17, 15) is 13.2 Å². The van der Waals surface area contributed by atoms with Crippen molar-refractivity contribution >= 4 is 44.2 Å². The molecule has 0 saturated carbocycles. The van der Waals surface area contributed by atoms with E-state index < -0.39 is 22.0 Å². The molecule has 0 aliphatic carbocycles. The van der Waals surface area contributed by atoms with Gasteiger partial charge in [0.15, 0.2) is 6.04 Å². The number of hydrogen-bond donors (Lipinski definition) is 1. The molecule has 1 aromatic heterocycles. The predicted molar refractivity (Wildman–Crippen MR) is 99.8 cm³/mol. The summed E-state index contributed by atoms with van der Waals surface area (Å²) >= 11 is 5.93. The smallest absolute Gasteiger partial charge is 0.335 e. The number of nitrogens with one attached hydrogen (secondary N) is 1. The molecule has 0 amide bonds. The number of aromatic nitrogens is 2. The zero-order chi connectivity index (χ0) is 18.9. The van der Waals surface area contributed by atoms with E-state index in [2.05, 4.69) is 9.82 Å². The highest BCUT2D eigenvalue weighted by Crippen LogP contribution is 2.29. The van der Waals surface area contributed by atoms with Crippen LogP contribution in [0, 0.1) is 0 Å². The third-order valence-electron chi connectivity index (χ3n) is 3.79. The van der Waals surface area contributed by atoms with Crippen LogP contribution in [0.2, 0.25) is 5.02 Å². The van der Waals surface area contributed by atoms with Gasteiger partial charge in [0, 0.05) is 10.4 Å². The van der Waals surface area contributed by atoms with Crippen molar-refractivity contribution < 1.29 is 17.9 Å². The van der Waals surface area contributed by atoms with Crippen LogP contribution in [0.25, 0.3) is 10.9 Å². The second-order valence-corrected chi connectivity index (χ2v) is 7.86. The molecule has 0 aliphatic heterocycles. The van der Waals surface area contributed by atoms with Crippen LogP contribution in [0.15, 0.2) is 48.7 Å². The van der Waals surface area contributed by atoms with Gasteiger partial charge in [-0.15, -0.1) is 0 Å². The molecule has 26 heavy (non-hydrogen) atoms. The molecule has 0 spiro atoms. The number of rotatable bonds is 5. The number of esters is 1. The average molecular weight is 394 g/mol. The van der Waals surface area contributed by atoms with Crippen molar-refractivity contribution in [3.8, 4) is 0 Å². The molecule has 1 unspecified atom stereocenters. The molecule has 0 fully saturated rings. The lowest BCUT2D eigenvalue weighted by Crippen LogP contribution is -2.23. The highest BCUT2D eigenvalue weighted by Gasteiger charge is 2.26. The van der Waals surface area contributed by atoms with Gasteiger partial charge in [-0.1, -0.05) is 29.8 Å². The summed E-state index contributed by atoms with van der Waals surface area (Å²) in [6, 6.07) is 11.0. The molecule has 7 nitrogen and oxygen atoms in total. The lowest BCUT2D eigenvalue weighted by Gasteiger charge is -2.17. The van der Waals surface area contributed by atoms with E-state index in [4.69, 9.17) is 16.3 Å². The average Bonchev–Trinajstić information content (AvgIpc) is 3.00. The third kappa shape index (κ3) is 3.66. The van der Waals surface area contributed by atoms with Crippen LogP contribution in [0.4, 0.5) is 5.69 Å². The number of ether oxygens (including phenoxy) is 1. The van der Waals surface area contributed by atoms with Crippen LogP contribution in [0.3, 0.4) is 0 Å². The van der Waals surface area contributed by atoms with Gasteiger partial charge in [0.05, 0.1) is 30.8 Å².